The number of aliphatic hydroxyl groups excluding tert-OH is 1. The van der Waals surface area contributed by atoms with E-state index in [4.69, 9.17) is 37.4 Å². The van der Waals surface area contributed by atoms with Crippen molar-refractivity contribution in [2.24, 2.45) is 5.41 Å². The number of hydrogen-bond acceptors (Lipinski definition) is 14. The highest BCUT2D eigenvalue weighted by molar-refractivity contribution is 7.13. The fraction of sp³-hybridized carbons (Fsp3) is 0.491. The highest BCUT2D eigenvalue weighted by Gasteiger charge is 2.43. The Bertz CT molecular complexity index is 2770. The summed E-state index contributed by atoms with van der Waals surface area (Å²) in [6.45, 7) is 13.4. The smallest absolute Gasteiger partial charge is 0.243 e. The maximum Gasteiger partial charge on any atom is 0.243 e. The van der Waals surface area contributed by atoms with Gasteiger partial charge in [0.1, 0.15) is 17.9 Å². The van der Waals surface area contributed by atoms with Crippen LogP contribution >= 0.6 is 34.5 Å². The van der Waals surface area contributed by atoms with Gasteiger partial charge in [0.25, 0.3) is 0 Å². The van der Waals surface area contributed by atoms with Crippen LogP contribution in [0.3, 0.4) is 0 Å². The summed E-state index contributed by atoms with van der Waals surface area (Å²) < 4.78 is 17.3. The molecule has 4 N–H and O–H groups in total. The molecular formula is C55H69Cl2N9O7S. The Morgan fingerprint density at radius 2 is 1.65 bits per heavy atom. The number of anilines is 2. The van der Waals surface area contributed by atoms with Gasteiger partial charge in [-0.15, -0.1) is 11.3 Å². The number of aromatic nitrogens is 2. The van der Waals surface area contributed by atoms with Crippen LogP contribution < -0.4 is 30.2 Å². The second kappa shape index (κ2) is 26.2. The third kappa shape index (κ3) is 14.3. The van der Waals surface area contributed by atoms with Gasteiger partial charge in [-0.1, -0.05) is 87.5 Å². The topological polar surface area (TPSA) is 195 Å². The number of pyridine rings is 1. The zero-order valence-corrected chi connectivity index (χ0v) is 45.6. The maximum absolute atomic E-state index is 14.1. The number of hydrogen-bond donors (Lipinski definition) is 4. The summed E-state index contributed by atoms with van der Waals surface area (Å²) in [5, 5.41) is 31.7. The molecule has 4 heterocycles. The van der Waals surface area contributed by atoms with Crippen molar-refractivity contribution in [3.05, 3.63) is 87.1 Å². The van der Waals surface area contributed by atoms with Crippen molar-refractivity contribution in [3.63, 3.8) is 0 Å². The molecule has 396 valence electrons. The number of aliphatic hydroxyl groups is 1. The van der Waals surface area contributed by atoms with Crippen LogP contribution in [0.1, 0.15) is 89.0 Å². The Labute approximate surface area is 448 Å². The van der Waals surface area contributed by atoms with Gasteiger partial charge in [-0.05, 0) is 61.4 Å². The van der Waals surface area contributed by atoms with Gasteiger partial charge < -0.3 is 45.1 Å². The van der Waals surface area contributed by atoms with E-state index in [-0.39, 0.29) is 30.7 Å². The number of carbonyl (C=O) groups excluding carboxylic acids is 3. The SMILES string of the molecule is COc1cc(Nc2c(C#N)cnc3cc(OCCCN4CCN(C(=O)CCCCCCCN[C@H](C(=O)N5CC(O)CC5C(=O)NCc5ccc(-c6scnc6C)cc5)C(C)(C)C)CC4)c(OC)cc23)c(Cl)cc1Cl. The van der Waals surface area contributed by atoms with E-state index in [1.54, 1.807) is 47.6 Å². The first-order valence-corrected chi connectivity index (χ1v) is 27.0. The molecule has 0 aliphatic carbocycles. The normalized spacial score (nSPS) is 16.5. The molecule has 0 saturated carbocycles. The largest absolute Gasteiger partial charge is 0.495 e. The van der Waals surface area contributed by atoms with Crippen LogP contribution in [0.2, 0.25) is 10.0 Å². The number of nitriles is 1. The Balaban J connectivity index is 0.777. The Morgan fingerprint density at radius 1 is 0.919 bits per heavy atom. The molecule has 2 aromatic heterocycles. The first kappa shape index (κ1) is 56.0. The van der Waals surface area contributed by atoms with Gasteiger partial charge in [-0.3, -0.25) is 24.3 Å². The molecule has 2 unspecified atom stereocenters. The number of benzene rings is 3. The lowest BCUT2D eigenvalue weighted by atomic mass is 9.85. The van der Waals surface area contributed by atoms with Crippen molar-refractivity contribution in [3.8, 4) is 33.8 Å². The van der Waals surface area contributed by atoms with Crippen molar-refractivity contribution in [1.82, 2.24) is 35.3 Å². The van der Waals surface area contributed by atoms with E-state index in [0.717, 1.165) is 79.9 Å². The summed E-state index contributed by atoms with van der Waals surface area (Å²) in [4.78, 5) is 56.6. The molecule has 2 aliphatic rings. The van der Waals surface area contributed by atoms with Crippen LogP contribution in [-0.4, -0.2) is 132 Å². The first-order valence-electron chi connectivity index (χ1n) is 25.4. The lowest BCUT2D eigenvalue weighted by Crippen LogP contribution is -2.56. The highest BCUT2D eigenvalue weighted by atomic mass is 35.5. The van der Waals surface area contributed by atoms with Gasteiger partial charge >= 0.3 is 0 Å². The molecule has 3 aromatic carbocycles. The van der Waals surface area contributed by atoms with Gasteiger partial charge in [0.05, 0.1) is 81.6 Å². The van der Waals surface area contributed by atoms with Crippen molar-refractivity contribution < 1.29 is 33.7 Å². The molecule has 19 heteroatoms. The minimum atomic E-state index is -0.767. The number of carbonyl (C=O) groups is 3. The van der Waals surface area contributed by atoms with E-state index in [9.17, 15) is 24.8 Å². The number of ether oxygens (including phenoxy) is 3. The van der Waals surface area contributed by atoms with E-state index < -0.39 is 23.6 Å². The highest BCUT2D eigenvalue weighted by Crippen LogP contribution is 2.41. The summed E-state index contributed by atoms with van der Waals surface area (Å²) in [6, 6.07) is 15.8. The molecule has 7 rings (SSSR count). The number of amides is 3. The van der Waals surface area contributed by atoms with Crippen LogP contribution in [0.5, 0.6) is 17.2 Å². The van der Waals surface area contributed by atoms with Gasteiger partial charge in [0.15, 0.2) is 11.5 Å². The zero-order chi connectivity index (χ0) is 52.9. The van der Waals surface area contributed by atoms with Crippen LogP contribution in [0.25, 0.3) is 21.3 Å². The van der Waals surface area contributed by atoms with E-state index in [1.165, 1.54) is 13.3 Å². The standard InChI is InChI=1S/C55H69Cl2N9O7S/c1-35-51(74-34-62-35)37-16-14-36(15-17-37)31-61-53(69)45-25-39(67)33-66(45)54(70)52(55(2,3)4)59-18-11-9-7-8-10-13-49(68)65-22-20-64(21-23-65)19-12-24-73-48-28-43-40(26-47(48)72-6)50(38(30-58)32-60-43)63-44-29-46(71-5)42(57)27-41(44)56/h14-17,26-29,32,34,39,45,52,59,67H,7-13,18-25,31,33H2,1-6H3,(H,60,63)(H,61,69)/t39?,45?,52-/m1/s1. The summed E-state index contributed by atoms with van der Waals surface area (Å²) in [5.74, 6) is 1.23. The molecule has 3 atom stereocenters. The third-order valence-corrected chi connectivity index (χ3v) is 15.3. The molecule has 2 fully saturated rings. The number of β-amino-alcohol motifs (C(OH)–C–C–N with tert-alkyl or cyclic N) is 1. The molecule has 2 aliphatic heterocycles. The summed E-state index contributed by atoms with van der Waals surface area (Å²) in [6.07, 6.45) is 6.87. The summed E-state index contributed by atoms with van der Waals surface area (Å²) in [7, 11) is 3.08. The molecule has 2 saturated heterocycles. The Hall–Kier alpha value is -5.74. The van der Waals surface area contributed by atoms with Crippen molar-refractivity contribution >= 4 is 74.5 Å². The van der Waals surface area contributed by atoms with Crippen molar-refractivity contribution in [2.45, 2.75) is 104 Å². The van der Waals surface area contributed by atoms with Crippen LogP contribution in [0.4, 0.5) is 11.4 Å². The van der Waals surface area contributed by atoms with Crippen LogP contribution in [0, 0.1) is 23.7 Å². The van der Waals surface area contributed by atoms with Gasteiger partial charge in [0.2, 0.25) is 17.7 Å². The van der Waals surface area contributed by atoms with E-state index in [1.807, 2.05) is 62.4 Å². The fourth-order valence-electron chi connectivity index (χ4n) is 9.53. The van der Waals surface area contributed by atoms with E-state index in [0.29, 0.717) is 94.3 Å². The van der Waals surface area contributed by atoms with E-state index in [2.05, 4.69) is 36.9 Å². The first-order chi connectivity index (χ1) is 35.6. The molecule has 0 spiro atoms. The number of methoxy groups -OCH3 is 2. The number of unbranched alkanes of at least 4 members (excludes halogenated alkanes) is 4. The third-order valence-electron chi connectivity index (χ3n) is 13.7. The lowest BCUT2D eigenvalue weighted by molar-refractivity contribution is -0.142. The molecule has 3 amide bonds. The lowest BCUT2D eigenvalue weighted by Gasteiger charge is -2.35. The number of fused-ring (bicyclic) bond motifs is 1. The average Bonchev–Trinajstić information content (AvgIpc) is 4.01. The number of thiazole rings is 1. The predicted octanol–water partition coefficient (Wildman–Crippen LogP) is 9.14. The maximum atomic E-state index is 14.1. The number of halogens is 2. The zero-order valence-electron chi connectivity index (χ0n) is 43.3. The number of nitrogens with one attached hydrogen (secondary N) is 3. The van der Waals surface area contributed by atoms with Crippen LogP contribution in [0.15, 0.2) is 60.2 Å². The predicted molar refractivity (Wildman–Crippen MR) is 292 cm³/mol. The van der Waals surface area contributed by atoms with Gasteiger partial charge in [-0.25, -0.2) is 4.98 Å². The minimum absolute atomic E-state index is 0.122. The average molecular weight is 1070 g/mol. The monoisotopic (exact) mass is 1070 g/mol. The Kier molecular flexibility index (Phi) is 19.8. The molecular weight excluding hydrogens is 1000 g/mol. The molecule has 0 bridgehead atoms. The van der Waals surface area contributed by atoms with Gasteiger partial charge in [0, 0.05) is 82.4 Å². The second-order valence-corrected chi connectivity index (χ2v) is 21.7. The summed E-state index contributed by atoms with van der Waals surface area (Å²) >= 11 is 14.4. The number of likely N-dealkylation sites (tertiary alicyclic amines) is 1. The number of nitrogens with zero attached hydrogens (tertiary/aromatic N) is 6. The van der Waals surface area contributed by atoms with Crippen molar-refractivity contribution in [1.29, 1.82) is 5.26 Å². The van der Waals surface area contributed by atoms with Crippen LogP contribution in [-0.2, 0) is 20.9 Å². The van der Waals surface area contributed by atoms with Gasteiger partial charge in [-0.2, -0.15) is 5.26 Å². The van der Waals surface area contributed by atoms with E-state index >= 15 is 0 Å². The molecule has 0 radical (unpaired) electrons. The summed E-state index contributed by atoms with van der Waals surface area (Å²) in [5.41, 5.74) is 6.36. The molecule has 16 nitrogen and oxygen atoms in total. The number of rotatable bonds is 23. The second-order valence-electron chi connectivity index (χ2n) is 20.0. The van der Waals surface area contributed by atoms with Crippen molar-refractivity contribution in [2.75, 3.05) is 72.0 Å². The number of aryl methyl sites for hydroxylation is 1. The quantitative estimate of drug-likeness (QED) is 0.0453. The Morgan fingerprint density at radius 3 is 2.34 bits per heavy atom. The molecule has 5 aromatic rings. The molecule has 74 heavy (non-hydrogen) atoms. The fourth-order valence-corrected chi connectivity index (χ4v) is 10.8. The minimum Gasteiger partial charge on any atom is -0.495 e. The number of piperazine rings is 1.